The van der Waals surface area contributed by atoms with Crippen LogP contribution in [0.1, 0.15) is 0 Å². The molecule has 124 valence electrons. The van der Waals surface area contributed by atoms with Crippen LogP contribution >= 0.6 is 0 Å². The number of benzene rings is 1. The van der Waals surface area contributed by atoms with Crippen LogP contribution in [0.3, 0.4) is 0 Å². The van der Waals surface area contributed by atoms with Crippen molar-refractivity contribution in [3.8, 4) is 22.9 Å². The molecule has 5 rings (SSSR count). The molecule has 0 radical (unpaired) electrons. The summed E-state index contributed by atoms with van der Waals surface area (Å²) < 4.78 is 14.2. The molecular formula is C17H13N5O3. The van der Waals surface area contributed by atoms with E-state index in [0.29, 0.717) is 47.2 Å². The van der Waals surface area contributed by atoms with Gasteiger partial charge in [0.25, 0.3) is 11.3 Å². The zero-order valence-electron chi connectivity index (χ0n) is 13.3. The maximum Gasteiger partial charge on any atom is 0.261 e. The summed E-state index contributed by atoms with van der Waals surface area (Å²) in [6.07, 6.45) is 3.24. The van der Waals surface area contributed by atoms with Crippen molar-refractivity contribution in [2.24, 2.45) is 7.05 Å². The van der Waals surface area contributed by atoms with Crippen LogP contribution in [0, 0.1) is 0 Å². The lowest BCUT2D eigenvalue weighted by atomic mass is 10.2. The van der Waals surface area contributed by atoms with Crippen LogP contribution in [-0.2, 0) is 7.05 Å². The monoisotopic (exact) mass is 335 g/mol. The standard InChI is InChI=1S/C17H13N5O3/c1-21-5-4-12-11(16(21)23)9-18-17-19-15(20-22(12)17)10-2-3-13-14(8-10)25-7-6-24-13/h2-5,8-9H,6-7H2,1H3. The third kappa shape index (κ3) is 2.07. The quantitative estimate of drug-likeness (QED) is 0.523. The fourth-order valence-corrected chi connectivity index (χ4v) is 2.92. The molecule has 0 fully saturated rings. The minimum Gasteiger partial charge on any atom is -0.486 e. The molecule has 4 heterocycles. The van der Waals surface area contributed by atoms with Crippen molar-refractivity contribution in [1.82, 2.24) is 24.1 Å². The lowest BCUT2D eigenvalue weighted by Gasteiger charge is -2.18. The number of rotatable bonds is 1. The summed E-state index contributed by atoms with van der Waals surface area (Å²) in [6.45, 7) is 1.06. The molecule has 8 nitrogen and oxygen atoms in total. The Morgan fingerprint density at radius 3 is 2.84 bits per heavy atom. The number of aromatic nitrogens is 5. The first-order valence-electron chi connectivity index (χ1n) is 7.82. The number of ether oxygens (including phenoxy) is 2. The summed E-state index contributed by atoms with van der Waals surface area (Å²) in [7, 11) is 1.70. The van der Waals surface area contributed by atoms with Crippen LogP contribution in [0.15, 0.2) is 41.5 Å². The van der Waals surface area contributed by atoms with E-state index < -0.39 is 0 Å². The average molecular weight is 335 g/mol. The fraction of sp³-hybridized carbons (Fsp3) is 0.176. The van der Waals surface area contributed by atoms with Crippen molar-refractivity contribution in [3.63, 3.8) is 0 Å². The van der Waals surface area contributed by atoms with E-state index >= 15 is 0 Å². The Bertz CT molecular complexity index is 1190. The van der Waals surface area contributed by atoms with E-state index in [0.717, 1.165) is 5.56 Å². The molecule has 0 saturated heterocycles. The zero-order chi connectivity index (χ0) is 17.0. The van der Waals surface area contributed by atoms with Crippen LogP contribution in [0.2, 0.25) is 0 Å². The molecule has 0 N–H and O–H groups in total. The first kappa shape index (κ1) is 14.0. The third-order valence-corrected chi connectivity index (χ3v) is 4.21. The Morgan fingerprint density at radius 2 is 1.96 bits per heavy atom. The van der Waals surface area contributed by atoms with Gasteiger partial charge in [0.2, 0.25) is 0 Å². The fourth-order valence-electron chi connectivity index (χ4n) is 2.92. The molecule has 4 aromatic rings. The Hall–Kier alpha value is -3.42. The van der Waals surface area contributed by atoms with E-state index in [4.69, 9.17) is 9.47 Å². The maximum atomic E-state index is 12.2. The SMILES string of the molecule is Cn1ccc2c(cnc3nc(-c4ccc5c(c4)OCCO5)nn32)c1=O. The van der Waals surface area contributed by atoms with Crippen molar-refractivity contribution in [3.05, 3.63) is 47.0 Å². The predicted octanol–water partition coefficient (Wildman–Crippen LogP) is 1.41. The summed E-state index contributed by atoms with van der Waals surface area (Å²) >= 11 is 0. The molecule has 25 heavy (non-hydrogen) atoms. The zero-order valence-corrected chi connectivity index (χ0v) is 13.3. The van der Waals surface area contributed by atoms with Gasteiger partial charge in [-0.3, -0.25) is 4.79 Å². The van der Waals surface area contributed by atoms with Crippen LogP contribution in [-0.4, -0.2) is 37.4 Å². The van der Waals surface area contributed by atoms with Crippen LogP contribution in [0.4, 0.5) is 0 Å². The van der Waals surface area contributed by atoms with Gasteiger partial charge in [0, 0.05) is 25.0 Å². The average Bonchev–Trinajstić information content (AvgIpc) is 3.09. The highest BCUT2D eigenvalue weighted by Gasteiger charge is 2.16. The molecule has 1 aliphatic heterocycles. The summed E-state index contributed by atoms with van der Waals surface area (Å²) in [6, 6.07) is 7.40. The maximum absolute atomic E-state index is 12.2. The van der Waals surface area contributed by atoms with Gasteiger partial charge in [-0.05, 0) is 24.3 Å². The Labute approximate surface area is 141 Å². The van der Waals surface area contributed by atoms with Crippen LogP contribution < -0.4 is 15.0 Å². The van der Waals surface area contributed by atoms with E-state index in [2.05, 4.69) is 15.1 Å². The largest absolute Gasteiger partial charge is 0.486 e. The van der Waals surface area contributed by atoms with Crippen molar-refractivity contribution in [2.75, 3.05) is 13.2 Å². The molecule has 8 heteroatoms. The lowest BCUT2D eigenvalue weighted by Crippen LogP contribution is -2.16. The van der Waals surface area contributed by atoms with Gasteiger partial charge in [0.05, 0.1) is 10.9 Å². The number of hydrogen-bond donors (Lipinski definition) is 0. The van der Waals surface area contributed by atoms with E-state index in [1.54, 1.807) is 17.8 Å². The van der Waals surface area contributed by atoms with Crippen molar-refractivity contribution >= 4 is 16.7 Å². The van der Waals surface area contributed by atoms with Gasteiger partial charge in [0.15, 0.2) is 17.3 Å². The van der Waals surface area contributed by atoms with E-state index in [9.17, 15) is 4.79 Å². The second kappa shape index (κ2) is 5.04. The number of aryl methyl sites for hydroxylation is 1. The van der Waals surface area contributed by atoms with Gasteiger partial charge in [-0.25, -0.2) is 4.98 Å². The van der Waals surface area contributed by atoms with Gasteiger partial charge in [0.1, 0.15) is 13.2 Å². The number of pyridine rings is 1. The number of hydrogen-bond acceptors (Lipinski definition) is 6. The molecule has 0 atom stereocenters. The van der Waals surface area contributed by atoms with Gasteiger partial charge >= 0.3 is 0 Å². The second-order valence-electron chi connectivity index (χ2n) is 5.79. The minimum absolute atomic E-state index is 0.122. The number of fused-ring (bicyclic) bond motifs is 4. The van der Waals surface area contributed by atoms with Gasteiger partial charge in [-0.15, -0.1) is 5.10 Å². The Morgan fingerprint density at radius 1 is 1.12 bits per heavy atom. The Balaban J connectivity index is 1.71. The lowest BCUT2D eigenvalue weighted by molar-refractivity contribution is 0.171. The highest BCUT2D eigenvalue weighted by atomic mass is 16.6. The van der Waals surface area contributed by atoms with E-state index in [1.165, 1.54) is 10.8 Å². The first-order valence-corrected chi connectivity index (χ1v) is 7.82. The van der Waals surface area contributed by atoms with Crippen LogP contribution in [0.25, 0.3) is 28.1 Å². The van der Waals surface area contributed by atoms with Crippen molar-refractivity contribution in [2.45, 2.75) is 0 Å². The van der Waals surface area contributed by atoms with E-state index in [1.807, 2.05) is 24.3 Å². The molecule has 1 aliphatic rings. The normalized spacial score (nSPS) is 13.5. The molecular weight excluding hydrogens is 322 g/mol. The molecule has 0 amide bonds. The molecule has 0 unspecified atom stereocenters. The van der Waals surface area contributed by atoms with Crippen LogP contribution in [0.5, 0.6) is 11.5 Å². The van der Waals surface area contributed by atoms with Gasteiger partial charge < -0.3 is 14.0 Å². The summed E-state index contributed by atoms with van der Waals surface area (Å²) in [5, 5.41) is 5.03. The predicted molar refractivity (Wildman–Crippen MR) is 90.0 cm³/mol. The first-order chi connectivity index (χ1) is 12.2. The molecule has 0 saturated carbocycles. The molecule has 0 spiro atoms. The number of nitrogens with zero attached hydrogens (tertiary/aromatic N) is 5. The van der Waals surface area contributed by atoms with Crippen molar-refractivity contribution in [1.29, 1.82) is 0 Å². The molecule has 1 aromatic carbocycles. The minimum atomic E-state index is -0.122. The third-order valence-electron chi connectivity index (χ3n) is 4.21. The smallest absolute Gasteiger partial charge is 0.261 e. The van der Waals surface area contributed by atoms with Gasteiger partial charge in [-0.1, -0.05) is 0 Å². The van der Waals surface area contributed by atoms with Crippen molar-refractivity contribution < 1.29 is 9.47 Å². The second-order valence-corrected chi connectivity index (χ2v) is 5.79. The molecule has 0 bridgehead atoms. The highest BCUT2D eigenvalue weighted by molar-refractivity contribution is 5.79. The molecule has 3 aromatic heterocycles. The van der Waals surface area contributed by atoms with E-state index in [-0.39, 0.29) is 5.56 Å². The summed E-state index contributed by atoms with van der Waals surface area (Å²) in [4.78, 5) is 21.0. The Kier molecular flexibility index (Phi) is 2.81. The summed E-state index contributed by atoms with van der Waals surface area (Å²) in [5.74, 6) is 2.34. The highest BCUT2D eigenvalue weighted by Crippen LogP contribution is 2.33. The summed E-state index contributed by atoms with van der Waals surface area (Å²) in [5.41, 5.74) is 1.35. The topological polar surface area (TPSA) is 83.5 Å². The molecule has 0 aliphatic carbocycles. The van der Waals surface area contributed by atoms with Gasteiger partial charge in [-0.2, -0.15) is 9.50 Å².